The maximum absolute atomic E-state index is 9.66. The van der Waals surface area contributed by atoms with Gasteiger partial charge in [0.15, 0.2) is 0 Å². The number of hydrogen-bond acceptors (Lipinski definition) is 3. The van der Waals surface area contributed by atoms with Crippen molar-refractivity contribution in [1.29, 1.82) is 0 Å². The predicted molar refractivity (Wildman–Crippen MR) is 60.8 cm³/mol. The molecule has 0 aliphatic rings. The smallest absolute Gasteiger partial charge is 0.143 e. The van der Waals surface area contributed by atoms with Crippen LogP contribution in [0.3, 0.4) is 0 Å². The molecule has 0 aliphatic carbocycles. The van der Waals surface area contributed by atoms with E-state index in [1.807, 2.05) is 25.1 Å². The number of phenols is 1. The van der Waals surface area contributed by atoms with E-state index in [0.29, 0.717) is 5.69 Å². The molecule has 76 valence electrons. The Hall–Kier alpha value is -1.90. The van der Waals surface area contributed by atoms with Gasteiger partial charge in [0.1, 0.15) is 11.4 Å². The summed E-state index contributed by atoms with van der Waals surface area (Å²) in [6.45, 7) is 2.04. The second-order valence-electron chi connectivity index (χ2n) is 3.46. The maximum Gasteiger partial charge on any atom is 0.143 e. The van der Waals surface area contributed by atoms with Crippen molar-refractivity contribution in [3.8, 4) is 5.75 Å². The molecular weight excluding hydrogens is 188 g/mol. The van der Waals surface area contributed by atoms with Crippen LogP contribution in [0.25, 0.3) is 10.8 Å². The number of aromatic hydroxyl groups is 1. The van der Waals surface area contributed by atoms with Crippen LogP contribution in [0.2, 0.25) is 0 Å². The van der Waals surface area contributed by atoms with Crippen LogP contribution in [-0.4, -0.2) is 12.2 Å². The minimum absolute atomic E-state index is 0.164. The highest BCUT2D eigenvalue weighted by molar-refractivity contribution is 5.95. The molecule has 0 atom stereocenters. The topological polar surface area (TPSA) is 45.0 Å². The van der Waals surface area contributed by atoms with Crippen LogP contribution in [0.1, 0.15) is 5.56 Å². The van der Waals surface area contributed by atoms with Crippen LogP contribution < -0.4 is 0 Å². The number of aryl methyl sites for hydroxylation is 1. The van der Waals surface area contributed by atoms with Gasteiger partial charge >= 0.3 is 0 Å². The fourth-order valence-electron chi connectivity index (χ4n) is 1.63. The van der Waals surface area contributed by atoms with Crippen molar-refractivity contribution < 1.29 is 5.11 Å². The first kappa shape index (κ1) is 9.65. The molecule has 0 amide bonds. The molecule has 0 saturated heterocycles. The number of hydrogen-bond donors (Lipinski definition) is 1. The molecule has 0 saturated carbocycles. The Labute approximate surface area is 88.1 Å². The summed E-state index contributed by atoms with van der Waals surface area (Å²) in [6, 6.07) is 9.53. The van der Waals surface area contributed by atoms with Gasteiger partial charge in [-0.2, -0.15) is 10.2 Å². The molecule has 15 heavy (non-hydrogen) atoms. The Morgan fingerprint density at radius 2 is 1.93 bits per heavy atom. The van der Waals surface area contributed by atoms with Gasteiger partial charge in [0.05, 0.1) is 0 Å². The van der Waals surface area contributed by atoms with Gasteiger partial charge in [0.2, 0.25) is 0 Å². The van der Waals surface area contributed by atoms with E-state index in [0.717, 1.165) is 10.8 Å². The van der Waals surface area contributed by atoms with E-state index < -0.39 is 0 Å². The van der Waals surface area contributed by atoms with Gasteiger partial charge in [-0.3, -0.25) is 0 Å². The lowest BCUT2D eigenvalue weighted by molar-refractivity contribution is 0.477. The number of azo groups is 1. The second-order valence-corrected chi connectivity index (χ2v) is 3.46. The molecule has 2 aromatic rings. The molecule has 0 unspecified atom stereocenters. The summed E-state index contributed by atoms with van der Waals surface area (Å²) in [7, 11) is 1.59. The molecule has 3 heteroatoms. The molecule has 0 aromatic heterocycles. The third-order valence-electron chi connectivity index (χ3n) is 2.33. The van der Waals surface area contributed by atoms with Crippen molar-refractivity contribution in [2.45, 2.75) is 6.92 Å². The number of phenolic OH excluding ortho intramolecular Hbond substituents is 1. The monoisotopic (exact) mass is 200 g/mol. The molecule has 0 spiro atoms. The molecule has 0 heterocycles. The molecule has 0 bridgehead atoms. The summed E-state index contributed by atoms with van der Waals surface area (Å²) in [4.78, 5) is 0. The van der Waals surface area contributed by atoms with Gasteiger partial charge in [-0.05, 0) is 18.4 Å². The fraction of sp³-hybridized carbons (Fsp3) is 0.167. The zero-order valence-corrected chi connectivity index (χ0v) is 8.73. The van der Waals surface area contributed by atoms with Gasteiger partial charge in [0.25, 0.3) is 0 Å². The van der Waals surface area contributed by atoms with E-state index in [1.54, 1.807) is 13.1 Å². The zero-order valence-electron chi connectivity index (χ0n) is 8.73. The first-order chi connectivity index (χ1) is 7.22. The number of benzene rings is 2. The highest BCUT2D eigenvalue weighted by Gasteiger charge is 2.05. The van der Waals surface area contributed by atoms with Crippen LogP contribution in [-0.2, 0) is 0 Å². The van der Waals surface area contributed by atoms with Crippen LogP contribution in [0.5, 0.6) is 5.75 Å². The maximum atomic E-state index is 9.66. The van der Waals surface area contributed by atoms with Gasteiger partial charge in [0, 0.05) is 12.4 Å². The average molecular weight is 200 g/mol. The number of fused-ring (bicyclic) bond motifs is 1. The van der Waals surface area contributed by atoms with Crippen LogP contribution in [0.15, 0.2) is 40.6 Å². The molecule has 2 aromatic carbocycles. The van der Waals surface area contributed by atoms with Crippen LogP contribution in [0.4, 0.5) is 5.69 Å². The first-order valence-electron chi connectivity index (χ1n) is 4.74. The highest BCUT2D eigenvalue weighted by Crippen LogP contribution is 2.35. The summed E-state index contributed by atoms with van der Waals surface area (Å²) in [5.41, 5.74) is 1.72. The molecule has 3 nitrogen and oxygen atoms in total. The first-order valence-corrected chi connectivity index (χ1v) is 4.74. The largest absolute Gasteiger partial charge is 0.506 e. The molecule has 2 rings (SSSR count). The fourth-order valence-corrected chi connectivity index (χ4v) is 1.63. The zero-order chi connectivity index (χ0) is 10.8. The second kappa shape index (κ2) is 3.69. The van der Waals surface area contributed by atoms with Gasteiger partial charge < -0.3 is 5.11 Å². The average Bonchev–Trinajstić information content (AvgIpc) is 2.22. The van der Waals surface area contributed by atoms with Crippen molar-refractivity contribution in [2.75, 3.05) is 7.05 Å². The summed E-state index contributed by atoms with van der Waals surface area (Å²) in [6.07, 6.45) is 0. The minimum Gasteiger partial charge on any atom is -0.506 e. The third-order valence-corrected chi connectivity index (χ3v) is 2.33. The Bertz CT molecular complexity index is 532. The van der Waals surface area contributed by atoms with E-state index in [2.05, 4.69) is 16.3 Å². The molecule has 0 radical (unpaired) electrons. The SMILES string of the molecule is CN=Nc1c(O)ccc2cc(C)ccc12. The van der Waals surface area contributed by atoms with E-state index in [9.17, 15) is 5.11 Å². The Morgan fingerprint density at radius 3 is 2.67 bits per heavy atom. The van der Waals surface area contributed by atoms with E-state index in [-0.39, 0.29) is 5.75 Å². The number of nitrogens with zero attached hydrogens (tertiary/aromatic N) is 2. The summed E-state index contributed by atoms with van der Waals surface area (Å²) < 4.78 is 0. The van der Waals surface area contributed by atoms with Crippen molar-refractivity contribution >= 4 is 16.5 Å². The third kappa shape index (κ3) is 1.68. The summed E-state index contributed by atoms with van der Waals surface area (Å²) in [5, 5.41) is 19.3. The standard InChI is InChI=1S/C12H12N2O/c1-8-3-5-10-9(7-8)4-6-11(15)12(10)14-13-2/h3-7,15H,1-2H3. The lowest BCUT2D eigenvalue weighted by Crippen LogP contribution is -1.77. The van der Waals surface area contributed by atoms with Crippen molar-refractivity contribution in [1.82, 2.24) is 0 Å². The van der Waals surface area contributed by atoms with Crippen LogP contribution >= 0.6 is 0 Å². The Kier molecular flexibility index (Phi) is 2.37. The highest BCUT2D eigenvalue weighted by atomic mass is 16.3. The van der Waals surface area contributed by atoms with E-state index in [4.69, 9.17) is 0 Å². The quantitative estimate of drug-likeness (QED) is 0.703. The molecule has 0 aliphatic heterocycles. The molecular formula is C12H12N2O. The Balaban J connectivity index is 2.81. The minimum atomic E-state index is 0.164. The molecule has 1 N–H and O–H groups in total. The number of rotatable bonds is 1. The van der Waals surface area contributed by atoms with Gasteiger partial charge in [-0.25, -0.2) is 0 Å². The predicted octanol–water partition coefficient (Wildman–Crippen LogP) is 3.57. The normalized spacial score (nSPS) is 11.3. The summed E-state index contributed by atoms with van der Waals surface area (Å²) >= 11 is 0. The van der Waals surface area contributed by atoms with Gasteiger partial charge in [-0.1, -0.05) is 29.8 Å². The van der Waals surface area contributed by atoms with Crippen molar-refractivity contribution in [3.05, 3.63) is 35.9 Å². The van der Waals surface area contributed by atoms with Crippen molar-refractivity contribution in [2.24, 2.45) is 10.2 Å². The van der Waals surface area contributed by atoms with Crippen LogP contribution in [0, 0.1) is 6.92 Å². The Morgan fingerprint density at radius 1 is 1.13 bits per heavy atom. The van der Waals surface area contributed by atoms with E-state index in [1.165, 1.54) is 5.56 Å². The molecule has 0 fully saturated rings. The van der Waals surface area contributed by atoms with Crippen molar-refractivity contribution in [3.63, 3.8) is 0 Å². The lowest BCUT2D eigenvalue weighted by Gasteiger charge is -2.04. The summed E-state index contributed by atoms with van der Waals surface area (Å²) in [5.74, 6) is 0.164. The van der Waals surface area contributed by atoms with E-state index >= 15 is 0 Å². The lowest BCUT2D eigenvalue weighted by atomic mass is 10.1. The van der Waals surface area contributed by atoms with Gasteiger partial charge in [-0.15, -0.1) is 0 Å².